The minimum atomic E-state index is -0.683. The van der Waals surface area contributed by atoms with Gasteiger partial charge in [-0.05, 0) is 35.4 Å². The first kappa shape index (κ1) is 17.0. The number of aliphatic hydroxyl groups excluding tert-OH is 1. The minimum absolute atomic E-state index is 0.441. The molecular weight excluding hydrogens is 296 g/mol. The van der Waals surface area contributed by atoms with Gasteiger partial charge < -0.3 is 24.1 Å². The molecule has 0 heterocycles. The second kappa shape index (κ2) is 7.74. The topological polar surface area (TPSA) is 57.2 Å². The Labute approximate surface area is 136 Å². The molecule has 0 aliphatic heterocycles. The van der Waals surface area contributed by atoms with E-state index in [0.717, 1.165) is 11.1 Å². The lowest BCUT2D eigenvalue weighted by Gasteiger charge is -2.15. The van der Waals surface area contributed by atoms with E-state index in [0.29, 0.717) is 29.4 Å². The molecule has 0 amide bonds. The molecule has 1 unspecified atom stereocenters. The van der Waals surface area contributed by atoms with Gasteiger partial charge in [-0.3, -0.25) is 0 Å². The molecule has 0 saturated carbocycles. The summed E-state index contributed by atoms with van der Waals surface area (Å²) >= 11 is 0. The molecule has 0 saturated heterocycles. The summed E-state index contributed by atoms with van der Waals surface area (Å²) in [6.45, 7) is 0. The summed E-state index contributed by atoms with van der Waals surface area (Å²) in [5, 5.41) is 10.5. The summed E-state index contributed by atoms with van der Waals surface area (Å²) in [5.41, 5.74) is 1.67. The van der Waals surface area contributed by atoms with Crippen LogP contribution < -0.4 is 18.9 Å². The van der Waals surface area contributed by atoms with Crippen LogP contribution in [-0.2, 0) is 6.42 Å². The van der Waals surface area contributed by atoms with Crippen molar-refractivity contribution < 1.29 is 24.1 Å². The van der Waals surface area contributed by atoms with Gasteiger partial charge in [0.25, 0.3) is 0 Å². The number of benzene rings is 2. The first-order chi connectivity index (χ1) is 11.1. The third-order valence-electron chi connectivity index (χ3n) is 3.64. The largest absolute Gasteiger partial charge is 0.497 e. The lowest BCUT2D eigenvalue weighted by Crippen LogP contribution is -2.03. The van der Waals surface area contributed by atoms with Crippen molar-refractivity contribution in [1.29, 1.82) is 0 Å². The molecule has 0 spiro atoms. The highest BCUT2D eigenvalue weighted by Gasteiger charge is 2.13. The SMILES string of the molecule is COc1cc(OC)cc(C(O)Cc2ccc(OC)c(OC)c2)c1. The van der Waals surface area contributed by atoms with E-state index in [2.05, 4.69) is 0 Å². The molecule has 0 aliphatic carbocycles. The van der Waals surface area contributed by atoms with E-state index in [4.69, 9.17) is 18.9 Å². The Morgan fingerprint density at radius 2 is 1.39 bits per heavy atom. The Balaban J connectivity index is 2.23. The van der Waals surface area contributed by atoms with Crippen LogP contribution in [0.15, 0.2) is 36.4 Å². The second-order valence-electron chi connectivity index (χ2n) is 5.06. The van der Waals surface area contributed by atoms with Crippen molar-refractivity contribution in [2.75, 3.05) is 28.4 Å². The van der Waals surface area contributed by atoms with Gasteiger partial charge in [0.1, 0.15) is 11.5 Å². The minimum Gasteiger partial charge on any atom is -0.497 e. The van der Waals surface area contributed by atoms with Crippen molar-refractivity contribution in [1.82, 2.24) is 0 Å². The summed E-state index contributed by atoms with van der Waals surface area (Å²) < 4.78 is 21.0. The van der Waals surface area contributed by atoms with Crippen LogP contribution in [0.4, 0.5) is 0 Å². The van der Waals surface area contributed by atoms with Crippen molar-refractivity contribution in [2.45, 2.75) is 12.5 Å². The van der Waals surface area contributed by atoms with Crippen LogP contribution in [0.5, 0.6) is 23.0 Å². The molecule has 0 aromatic heterocycles. The van der Waals surface area contributed by atoms with Gasteiger partial charge in [-0.1, -0.05) is 6.07 Å². The van der Waals surface area contributed by atoms with E-state index in [1.165, 1.54) is 0 Å². The monoisotopic (exact) mass is 318 g/mol. The van der Waals surface area contributed by atoms with E-state index < -0.39 is 6.10 Å². The number of rotatable bonds is 7. The third kappa shape index (κ3) is 4.07. The van der Waals surface area contributed by atoms with Crippen LogP contribution in [0.3, 0.4) is 0 Å². The molecule has 2 aromatic carbocycles. The van der Waals surface area contributed by atoms with Gasteiger partial charge in [0.15, 0.2) is 11.5 Å². The highest BCUT2D eigenvalue weighted by Crippen LogP contribution is 2.31. The second-order valence-corrected chi connectivity index (χ2v) is 5.06. The molecule has 23 heavy (non-hydrogen) atoms. The highest BCUT2D eigenvalue weighted by atomic mass is 16.5. The molecule has 0 fully saturated rings. The smallest absolute Gasteiger partial charge is 0.160 e. The van der Waals surface area contributed by atoms with Crippen LogP contribution in [-0.4, -0.2) is 33.5 Å². The molecule has 2 aromatic rings. The van der Waals surface area contributed by atoms with Gasteiger partial charge >= 0.3 is 0 Å². The van der Waals surface area contributed by atoms with Crippen LogP contribution in [0.1, 0.15) is 17.2 Å². The number of methoxy groups -OCH3 is 4. The Kier molecular flexibility index (Phi) is 5.71. The maximum absolute atomic E-state index is 10.5. The predicted octanol–water partition coefficient (Wildman–Crippen LogP) is 3.00. The lowest BCUT2D eigenvalue weighted by molar-refractivity contribution is 0.177. The lowest BCUT2D eigenvalue weighted by atomic mass is 10.0. The normalized spacial score (nSPS) is 11.7. The maximum atomic E-state index is 10.5. The zero-order chi connectivity index (χ0) is 16.8. The summed E-state index contributed by atoms with van der Waals surface area (Å²) in [5.74, 6) is 2.59. The number of ether oxygens (including phenoxy) is 4. The molecule has 1 N–H and O–H groups in total. The van der Waals surface area contributed by atoms with Crippen LogP contribution in [0.2, 0.25) is 0 Å². The van der Waals surface area contributed by atoms with E-state index in [-0.39, 0.29) is 0 Å². The van der Waals surface area contributed by atoms with E-state index in [1.54, 1.807) is 46.6 Å². The fourth-order valence-electron chi connectivity index (χ4n) is 2.37. The van der Waals surface area contributed by atoms with Crippen LogP contribution in [0.25, 0.3) is 0 Å². The van der Waals surface area contributed by atoms with Crippen molar-refractivity contribution in [3.8, 4) is 23.0 Å². The molecule has 5 heteroatoms. The van der Waals surface area contributed by atoms with E-state index >= 15 is 0 Å². The first-order valence-corrected chi connectivity index (χ1v) is 7.23. The summed E-state index contributed by atoms with van der Waals surface area (Å²) in [4.78, 5) is 0. The molecular formula is C18H22O5. The van der Waals surface area contributed by atoms with Crippen molar-refractivity contribution >= 4 is 0 Å². The average Bonchev–Trinajstić information content (AvgIpc) is 2.60. The Morgan fingerprint density at radius 3 is 1.91 bits per heavy atom. The standard InChI is InChI=1S/C18H22O5/c1-20-14-9-13(10-15(11-14)21-2)16(19)7-12-5-6-17(22-3)18(8-12)23-4/h5-6,8-11,16,19H,7H2,1-4H3. The Bertz CT molecular complexity index is 632. The number of aliphatic hydroxyl groups is 1. The van der Waals surface area contributed by atoms with Crippen molar-refractivity contribution in [2.24, 2.45) is 0 Å². The molecule has 0 aliphatic rings. The quantitative estimate of drug-likeness (QED) is 0.850. The van der Waals surface area contributed by atoms with Gasteiger partial charge in [0.05, 0.1) is 34.5 Å². The summed E-state index contributed by atoms with van der Waals surface area (Å²) in [6.07, 6.45) is -0.242. The van der Waals surface area contributed by atoms with Crippen molar-refractivity contribution in [3.05, 3.63) is 47.5 Å². The third-order valence-corrected chi connectivity index (χ3v) is 3.64. The van der Waals surface area contributed by atoms with Gasteiger partial charge in [0.2, 0.25) is 0 Å². The molecule has 0 bridgehead atoms. The van der Waals surface area contributed by atoms with Gasteiger partial charge in [-0.2, -0.15) is 0 Å². The highest BCUT2D eigenvalue weighted by molar-refractivity contribution is 5.44. The number of hydrogen-bond donors (Lipinski definition) is 1. The number of hydrogen-bond acceptors (Lipinski definition) is 5. The van der Waals surface area contributed by atoms with Gasteiger partial charge in [-0.15, -0.1) is 0 Å². The van der Waals surface area contributed by atoms with E-state index in [1.807, 2.05) is 18.2 Å². The molecule has 2 rings (SSSR count). The average molecular weight is 318 g/mol. The Morgan fingerprint density at radius 1 is 0.783 bits per heavy atom. The molecule has 1 atom stereocenters. The van der Waals surface area contributed by atoms with Gasteiger partial charge in [-0.25, -0.2) is 0 Å². The zero-order valence-corrected chi connectivity index (χ0v) is 13.8. The molecule has 0 radical (unpaired) electrons. The maximum Gasteiger partial charge on any atom is 0.160 e. The summed E-state index contributed by atoms with van der Waals surface area (Å²) in [6, 6.07) is 11.0. The van der Waals surface area contributed by atoms with Crippen LogP contribution >= 0.6 is 0 Å². The fraction of sp³-hybridized carbons (Fsp3) is 0.333. The van der Waals surface area contributed by atoms with Gasteiger partial charge in [0, 0.05) is 12.5 Å². The fourth-order valence-corrected chi connectivity index (χ4v) is 2.37. The molecule has 124 valence electrons. The molecule has 5 nitrogen and oxygen atoms in total. The predicted molar refractivity (Wildman–Crippen MR) is 87.8 cm³/mol. The van der Waals surface area contributed by atoms with Crippen molar-refractivity contribution in [3.63, 3.8) is 0 Å². The zero-order valence-electron chi connectivity index (χ0n) is 13.8. The Hall–Kier alpha value is -2.40. The van der Waals surface area contributed by atoms with Crippen LogP contribution in [0, 0.1) is 0 Å². The summed E-state index contributed by atoms with van der Waals surface area (Å²) in [7, 11) is 6.35. The first-order valence-electron chi connectivity index (χ1n) is 7.23. The van der Waals surface area contributed by atoms with E-state index in [9.17, 15) is 5.11 Å².